The average Bonchev–Trinajstić information content (AvgIpc) is 2.35. The fraction of sp³-hybridized carbons (Fsp3) is 0.909. The molecule has 6 heteroatoms. The molecule has 0 aromatic carbocycles. The molecule has 0 rings (SSSR count). The Morgan fingerprint density at radius 3 is 2.82 bits per heavy atom. The first-order chi connectivity index (χ1) is 8.22. The zero-order valence-corrected chi connectivity index (χ0v) is 11.6. The lowest BCUT2D eigenvalue weighted by atomic mass is 10.2. The van der Waals surface area contributed by atoms with Crippen LogP contribution in [0.4, 0.5) is 0 Å². The fourth-order valence-electron chi connectivity index (χ4n) is 1.27. The van der Waals surface area contributed by atoms with E-state index in [0.29, 0.717) is 6.61 Å². The lowest BCUT2D eigenvalue weighted by Crippen LogP contribution is -2.31. The fourth-order valence-corrected chi connectivity index (χ4v) is 1.77. The van der Waals surface area contributed by atoms with Crippen LogP contribution in [0.1, 0.15) is 26.2 Å². The summed E-state index contributed by atoms with van der Waals surface area (Å²) in [6.45, 7) is 4.15. The molecule has 1 unspecified atom stereocenters. The van der Waals surface area contributed by atoms with Gasteiger partial charge in [-0.1, -0.05) is 11.6 Å². The molecule has 0 aromatic rings. The Hall–Kier alpha value is -0.460. The molecule has 0 spiro atoms. The van der Waals surface area contributed by atoms with Crippen LogP contribution in [0.5, 0.6) is 0 Å². The summed E-state index contributed by atoms with van der Waals surface area (Å²) in [6, 6.07) is 0. The molecule has 1 atom stereocenters. The van der Waals surface area contributed by atoms with Crippen LogP contribution in [0.25, 0.3) is 0 Å². The van der Waals surface area contributed by atoms with Crippen LogP contribution in [0.15, 0.2) is 5.16 Å². The van der Waals surface area contributed by atoms with Gasteiger partial charge in [-0.15, -0.1) is 0 Å². The van der Waals surface area contributed by atoms with Crippen LogP contribution in [0, 0.1) is 0 Å². The predicted octanol–water partition coefficient (Wildman–Crippen LogP) is 1.26. The number of ether oxygens (including phenoxy) is 1. The molecule has 0 bridgehead atoms. The van der Waals surface area contributed by atoms with Crippen molar-refractivity contribution in [3.05, 3.63) is 0 Å². The third kappa shape index (κ3) is 10.4. The second-order valence-electron chi connectivity index (χ2n) is 3.84. The largest absolute Gasteiger partial charge is 0.409 e. The molecular formula is C11H25N3O2S. The zero-order valence-electron chi connectivity index (χ0n) is 10.8. The Morgan fingerprint density at radius 2 is 2.18 bits per heavy atom. The number of oxime groups is 1. The Kier molecular flexibility index (Phi) is 11.7. The van der Waals surface area contributed by atoms with E-state index in [1.54, 1.807) is 6.92 Å². The highest BCUT2D eigenvalue weighted by molar-refractivity contribution is 7.98. The summed E-state index contributed by atoms with van der Waals surface area (Å²) in [7, 11) is 0. The van der Waals surface area contributed by atoms with Gasteiger partial charge in [0.15, 0.2) is 5.84 Å². The minimum atomic E-state index is -0.330. The van der Waals surface area contributed by atoms with Crippen LogP contribution >= 0.6 is 11.8 Å². The van der Waals surface area contributed by atoms with E-state index in [2.05, 4.69) is 16.7 Å². The smallest absolute Gasteiger partial charge is 0.168 e. The molecule has 5 nitrogen and oxygen atoms in total. The van der Waals surface area contributed by atoms with Gasteiger partial charge in [-0.3, -0.25) is 0 Å². The number of hydrogen-bond acceptors (Lipinski definition) is 5. The Morgan fingerprint density at radius 1 is 1.41 bits per heavy atom. The number of nitrogens with zero attached hydrogens (tertiary/aromatic N) is 1. The number of hydrogen-bond donors (Lipinski definition) is 3. The summed E-state index contributed by atoms with van der Waals surface area (Å²) in [5.41, 5.74) is 5.38. The molecule has 0 fully saturated rings. The van der Waals surface area contributed by atoms with Gasteiger partial charge in [0.2, 0.25) is 0 Å². The third-order valence-corrected chi connectivity index (χ3v) is 3.08. The minimum absolute atomic E-state index is 0.113. The van der Waals surface area contributed by atoms with Gasteiger partial charge in [0.1, 0.15) is 6.10 Å². The number of nitrogens with one attached hydrogen (secondary N) is 1. The SMILES string of the molecule is CSCCCCCNCCOC(C)C(N)=NO. The maximum absolute atomic E-state index is 8.41. The molecular weight excluding hydrogens is 238 g/mol. The van der Waals surface area contributed by atoms with Crippen LogP contribution < -0.4 is 11.1 Å². The number of thioether (sulfide) groups is 1. The Balaban J connectivity index is 3.18. The molecule has 0 heterocycles. The van der Waals surface area contributed by atoms with Crippen molar-refractivity contribution in [1.82, 2.24) is 5.32 Å². The summed E-state index contributed by atoms with van der Waals surface area (Å²) in [5, 5.41) is 14.6. The van der Waals surface area contributed by atoms with E-state index < -0.39 is 0 Å². The van der Waals surface area contributed by atoms with E-state index >= 15 is 0 Å². The number of nitrogens with two attached hydrogens (primary N) is 1. The molecule has 0 amide bonds. The molecule has 0 aliphatic rings. The van der Waals surface area contributed by atoms with Gasteiger partial charge in [-0.05, 0) is 38.3 Å². The monoisotopic (exact) mass is 263 g/mol. The lowest BCUT2D eigenvalue weighted by Gasteiger charge is -2.11. The first kappa shape index (κ1) is 16.5. The second-order valence-corrected chi connectivity index (χ2v) is 4.83. The maximum atomic E-state index is 8.41. The molecule has 0 aromatic heterocycles. The van der Waals surface area contributed by atoms with Gasteiger partial charge in [-0.2, -0.15) is 11.8 Å². The van der Waals surface area contributed by atoms with Crippen LogP contribution in [-0.4, -0.2) is 48.9 Å². The first-order valence-corrected chi connectivity index (χ1v) is 7.40. The lowest BCUT2D eigenvalue weighted by molar-refractivity contribution is 0.108. The number of rotatable bonds is 11. The first-order valence-electron chi connectivity index (χ1n) is 6.01. The van der Waals surface area contributed by atoms with Gasteiger partial charge < -0.3 is 21.0 Å². The zero-order chi connectivity index (χ0) is 12.9. The summed E-state index contributed by atoms with van der Waals surface area (Å²) < 4.78 is 5.36. The maximum Gasteiger partial charge on any atom is 0.168 e. The van der Waals surface area contributed by atoms with Gasteiger partial charge in [0.25, 0.3) is 0 Å². The van der Waals surface area contributed by atoms with E-state index in [1.165, 1.54) is 25.0 Å². The third-order valence-electron chi connectivity index (χ3n) is 2.38. The summed E-state index contributed by atoms with van der Waals surface area (Å²) >= 11 is 1.90. The summed E-state index contributed by atoms with van der Waals surface area (Å²) in [4.78, 5) is 0. The Labute approximate surface area is 108 Å². The Bertz CT molecular complexity index is 203. The van der Waals surface area contributed by atoms with Crippen molar-refractivity contribution >= 4 is 17.6 Å². The van der Waals surface area contributed by atoms with Crippen LogP contribution in [0.2, 0.25) is 0 Å². The van der Waals surface area contributed by atoms with Gasteiger partial charge >= 0.3 is 0 Å². The highest BCUT2D eigenvalue weighted by Gasteiger charge is 2.06. The standard InChI is InChI=1S/C11H25N3O2S/c1-10(11(12)14-15)16-8-7-13-6-4-3-5-9-17-2/h10,13,15H,3-9H2,1-2H3,(H2,12,14). The van der Waals surface area contributed by atoms with E-state index in [9.17, 15) is 0 Å². The van der Waals surface area contributed by atoms with Crippen LogP contribution in [-0.2, 0) is 4.74 Å². The number of unbranched alkanes of at least 4 members (excludes halogenated alkanes) is 2. The van der Waals surface area contributed by atoms with Gasteiger partial charge in [0, 0.05) is 6.54 Å². The molecule has 0 saturated carbocycles. The van der Waals surface area contributed by atoms with Crippen molar-refractivity contribution in [2.24, 2.45) is 10.9 Å². The normalized spacial score (nSPS) is 13.9. The minimum Gasteiger partial charge on any atom is -0.409 e. The number of amidine groups is 1. The molecule has 0 aliphatic heterocycles. The van der Waals surface area contributed by atoms with Crippen molar-refractivity contribution < 1.29 is 9.94 Å². The van der Waals surface area contributed by atoms with Gasteiger partial charge in [0.05, 0.1) is 6.61 Å². The highest BCUT2D eigenvalue weighted by atomic mass is 32.2. The second kappa shape index (κ2) is 12.0. The molecule has 0 saturated heterocycles. The summed E-state index contributed by atoms with van der Waals surface area (Å²) in [5.74, 6) is 1.36. The van der Waals surface area contributed by atoms with Crippen molar-refractivity contribution in [1.29, 1.82) is 0 Å². The van der Waals surface area contributed by atoms with E-state index in [1.807, 2.05) is 11.8 Å². The summed E-state index contributed by atoms with van der Waals surface area (Å²) in [6.07, 6.45) is 5.58. The highest BCUT2D eigenvalue weighted by Crippen LogP contribution is 2.01. The van der Waals surface area contributed by atoms with E-state index in [0.717, 1.165) is 13.1 Å². The van der Waals surface area contributed by atoms with Crippen molar-refractivity contribution in [3.8, 4) is 0 Å². The molecule has 0 radical (unpaired) electrons. The van der Waals surface area contributed by atoms with Crippen LogP contribution in [0.3, 0.4) is 0 Å². The quantitative estimate of drug-likeness (QED) is 0.172. The van der Waals surface area contributed by atoms with Gasteiger partial charge in [-0.25, -0.2) is 0 Å². The van der Waals surface area contributed by atoms with E-state index in [4.69, 9.17) is 15.7 Å². The van der Waals surface area contributed by atoms with Crippen molar-refractivity contribution in [2.75, 3.05) is 31.7 Å². The van der Waals surface area contributed by atoms with Crippen molar-refractivity contribution in [3.63, 3.8) is 0 Å². The van der Waals surface area contributed by atoms with E-state index in [-0.39, 0.29) is 11.9 Å². The molecule has 17 heavy (non-hydrogen) atoms. The molecule has 4 N–H and O–H groups in total. The topological polar surface area (TPSA) is 79.9 Å². The van der Waals surface area contributed by atoms with Crippen molar-refractivity contribution in [2.45, 2.75) is 32.3 Å². The molecule has 0 aliphatic carbocycles. The average molecular weight is 263 g/mol. The predicted molar refractivity (Wildman–Crippen MR) is 73.9 cm³/mol. The molecule has 102 valence electrons.